The Bertz CT molecular complexity index is 523. The van der Waals surface area contributed by atoms with Crippen LogP contribution in [0.4, 0.5) is 11.5 Å². The largest absolute Gasteiger partial charge is 0.340 e. The Labute approximate surface area is 110 Å². The second kappa shape index (κ2) is 5.32. The van der Waals surface area contributed by atoms with Crippen molar-refractivity contribution in [1.29, 1.82) is 0 Å². The fourth-order valence-corrected chi connectivity index (χ4v) is 1.85. The molecule has 0 fully saturated rings. The quantitative estimate of drug-likeness (QED) is 0.903. The standard InChI is InChI=1S/C14H15BrN2/c1-3-11-5-4-6-12(9-11)17-14-8-7-13(15)10(2)16-14/h4-9H,3H2,1-2H3,(H,16,17). The van der Waals surface area contributed by atoms with E-state index >= 15 is 0 Å². The van der Waals surface area contributed by atoms with Crippen molar-refractivity contribution in [3.8, 4) is 0 Å². The Kier molecular flexibility index (Phi) is 3.79. The van der Waals surface area contributed by atoms with Crippen molar-refractivity contribution < 1.29 is 0 Å². The van der Waals surface area contributed by atoms with Crippen LogP contribution < -0.4 is 5.32 Å². The van der Waals surface area contributed by atoms with Gasteiger partial charge in [0.15, 0.2) is 0 Å². The monoisotopic (exact) mass is 290 g/mol. The predicted octanol–water partition coefficient (Wildman–Crippen LogP) is 4.46. The van der Waals surface area contributed by atoms with E-state index in [-0.39, 0.29) is 0 Å². The molecule has 2 rings (SSSR count). The van der Waals surface area contributed by atoms with Gasteiger partial charge in [-0.1, -0.05) is 19.1 Å². The number of rotatable bonds is 3. The van der Waals surface area contributed by atoms with Crippen molar-refractivity contribution in [2.24, 2.45) is 0 Å². The van der Waals surface area contributed by atoms with Gasteiger partial charge in [0.1, 0.15) is 5.82 Å². The lowest BCUT2D eigenvalue weighted by atomic mass is 10.1. The first-order valence-electron chi connectivity index (χ1n) is 5.68. The molecule has 0 saturated heterocycles. The second-order valence-corrected chi connectivity index (χ2v) is 4.80. The van der Waals surface area contributed by atoms with Crippen molar-refractivity contribution in [2.45, 2.75) is 20.3 Å². The number of anilines is 2. The first-order chi connectivity index (χ1) is 8.19. The Hall–Kier alpha value is -1.35. The molecule has 2 aromatic rings. The minimum atomic E-state index is 0.874. The summed E-state index contributed by atoms with van der Waals surface area (Å²) >= 11 is 3.45. The van der Waals surface area contributed by atoms with Crippen molar-refractivity contribution in [3.63, 3.8) is 0 Å². The van der Waals surface area contributed by atoms with Gasteiger partial charge in [-0.05, 0) is 59.1 Å². The third kappa shape index (κ3) is 3.07. The Morgan fingerprint density at radius 1 is 1.24 bits per heavy atom. The number of pyridine rings is 1. The average Bonchev–Trinajstić information content (AvgIpc) is 2.34. The molecule has 0 aliphatic rings. The Balaban J connectivity index is 2.22. The summed E-state index contributed by atoms with van der Waals surface area (Å²) in [5.74, 6) is 0.874. The molecule has 0 saturated carbocycles. The molecule has 0 radical (unpaired) electrons. The zero-order chi connectivity index (χ0) is 12.3. The molecule has 1 aromatic heterocycles. The molecule has 17 heavy (non-hydrogen) atoms. The lowest BCUT2D eigenvalue weighted by molar-refractivity contribution is 1.14. The molecule has 0 atom stereocenters. The van der Waals surface area contributed by atoms with Gasteiger partial charge in [-0.15, -0.1) is 0 Å². The maximum absolute atomic E-state index is 4.47. The van der Waals surface area contributed by atoms with E-state index in [0.717, 1.165) is 28.1 Å². The van der Waals surface area contributed by atoms with Crippen LogP contribution in [-0.2, 0) is 6.42 Å². The SMILES string of the molecule is CCc1cccc(Nc2ccc(Br)c(C)n2)c1. The van der Waals surface area contributed by atoms with Crippen molar-refractivity contribution >= 4 is 27.4 Å². The van der Waals surface area contributed by atoms with E-state index in [0.29, 0.717) is 0 Å². The number of hydrogen-bond donors (Lipinski definition) is 1. The number of hydrogen-bond acceptors (Lipinski definition) is 2. The van der Waals surface area contributed by atoms with Crippen LogP contribution in [0.5, 0.6) is 0 Å². The summed E-state index contributed by atoms with van der Waals surface area (Å²) in [5.41, 5.74) is 3.39. The van der Waals surface area contributed by atoms with Gasteiger partial charge in [-0.2, -0.15) is 0 Å². The second-order valence-electron chi connectivity index (χ2n) is 3.94. The minimum Gasteiger partial charge on any atom is -0.340 e. The molecule has 0 spiro atoms. The molecule has 1 heterocycles. The normalized spacial score (nSPS) is 10.3. The number of benzene rings is 1. The topological polar surface area (TPSA) is 24.9 Å². The maximum atomic E-state index is 4.47. The lowest BCUT2D eigenvalue weighted by Gasteiger charge is -2.08. The predicted molar refractivity (Wildman–Crippen MR) is 75.8 cm³/mol. The van der Waals surface area contributed by atoms with E-state index in [9.17, 15) is 0 Å². The van der Waals surface area contributed by atoms with E-state index in [2.05, 4.69) is 57.4 Å². The summed E-state index contributed by atoms with van der Waals surface area (Å²) in [7, 11) is 0. The summed E-state index contributed by atoms with van der Waals surface area (Å²) in [4.78, 5) is 4.47. The van der Waals surface area contributed by atoms with Crippen LogP contribution in [0.2, 0.25) is 0 Å². The molecule has 0 aliphatic carbocycles. The van der Waals surface area contributed by atoms with Gasteiger partial charge in [0.25, 0.3) is 0 Å². The number of nitrogens with zero attached hydrogens (tertiary/aromatic N) is 1. The molecule has 3 heteroatoms. The van der Waals surface area contributed by atoms with E-state index in [4.69, 9.17) is 0 Å². The number of halogens is 1. The zero-order valence-electron chi connectivity index (χ0n) is 10.00. The van der Waals surface area contributed by atoms with E-state index in [1.165, 1.54) is 5.56 Å². The van der Waals surface area contributed by atoms with Gasteiger partial charge in [-0.25, -0.2) is 4.98 Å². The van der Waals surface area contributed by atoms with Gasteiger partial charge >= 0.3 is 0 Å². The highest BCUT2D eigenvalue weighted by Crippen LogP contribution is 2.20. The summed E-state index contributed by atoms with van der Waals surface area (Å²) in [6.45, 7) is 4.14. The molecule has 0 unspecified atom stereocenters. The van der Waals surface area contributed by atoms with Crippen LogP contribution in [-0.4, -0.2) is 4.98 Å². The molecular weight excluding hydrogens is 276 g/mol. The molecule has 1 N–H and O–H groups in total. The van der Waals surface area contributed by atoms with E-state index in [1.807, 2.05) is 19.1 Å². The third-order valence-corrected chi connectivity index (χ3v) is 3.47. The van der Waals surface area contributed by atoms with Crippen molar-refractivity contribution in [1.82, 2.24) is 4.98 Å². The van der Waals surface area contributed by atoms with Crippen LogP contribution in [0.1, 0.15) is 18.2 Å². The zero-order valence-corrected chi connectivity index (χ0v) is 11.6. The van der Waals surface area contributed by atoms with Gasteiger partial charge in [-0.3, -0.25) is 0 Å². The van der Waals surface area contributed by atoms with Gasteiger partial charge in [0.05, 0.1) is 5.69 Å². The van der Waals surface area contributed by atoms with E-state index in [1.54, 1.807) is 0 Å². The number of aryl methyl sites for hydroxylation is 2. The smallest absolute Gasteiger partial charge is 0.130 e. The fourth-order valence-electron chi connectivity index (χ4n) is 1.63. The van der Waals surface area contributed by atoms with Crippen LogP contribution in [0.15, 0.2) is 40.9 Å². The Morgan fingerprint density at radius 3 is 2.76 bits per heavy atom. The van der Waals surface area contributed by atoms with Crippen LogP contribution in [0, 0.1) is 6.92 Å². The molecule has 0 bridgehead atoms. The average molecular weight is 291 g/mol. The highest BCUT2D eigenvalue weighted by molar-refractivity contribution is 9.10. The van der Waals surface area contributed by atoms with Crippen LogP contribution >= 0.6 is 15.9 Å². The number of nitrogens with one attached hydrogen (secondary N) is 1. The van der Waals surface area contributed by atoms with E-state index < -0.39 is 0 Å². The van der Waals surface area contributed by atoms with Crippen molar-refractivity contribution in [3.05, 3.63) is 52.1 Å². The maximum Gasteiger partial charge on any atom is 0.130 e. The van der Waals surface area contributed by atoms with Crippen LogP contribution in [0.3, 0.4) is 0 Å². The molecule has 88 valence electrons. The summed E-state index contributed by atoms with van der Waals surface area (Å²) in [6.07, 6.45) is 1.04. The molecule has 0 aliphatic heterocycles. The van der Waals surface area contributed by atoms with Gasteiger partial charge in [0, 0.05) is 10.2 Å². The Morgan fingerprint density at radius 2 is 2.06 bits per heavy atom. The summed E-state index contributed by atoms with van der Waals surface area (Å²) in [6, 6.07) is 12.4. The molecule has 0 amide bonds. The van der Waals surface area contributed by atoms with Crippen molar-refractivity contribution in [2.75, 3.05) is 5.32 Å². The first kappa shape index (κ1) is 12.1. The lowest BCUT2D eigenvalue weighted by Crippen LogP contribution is -1.95. The molecular formula is C14H15BrN2. The molecule has 1 aromatic carbocycles. The highest BCUT2D eigenvalue weighted by Gasteiger charge is 2.00. The van der Waals surface area contributed by atoms with Gasteiger partial charge in [0.2, 0.25) is 0 Å². The first-order valence-corrected chi connectivity index (χ1v) is 6.47. The number of aromatic nitrogens is 1. The summed E-state index contributed by atoms with van der Waals surface area (Å²) in [5, 5.41) is 3.31. The minimum absolute atomic E-state index is 0.874. The highest BCUT2D eigenvalue weighted by atomic mass is 79.9. The van der Waals surface area contributed by atoms with Gasteiger partial charge < -0.3 is 5.32 Å². The summed E-state index contributed by atoms with van der Waals surface area (Å²) < 4.78 is 1.03. The molecule has 2 nitrogen and oxygen atoms in total. The third-order valence-electron chi connectivity index (χ3n) is 2.63. The fraction of sp³-hybridized carbons (Fsp3) is 0.214. The van der Waals surface area contributed by atoms with Crippen LogP contribution in [0.25, 0.3) is 0 Å².